The summed E-state index contributed by atoms with van der Waals surface area (Å²) < 4.78 is 21.4. The Morgan fingerprint density at radius 1 is 1.54 bits per heavy atom. The third-order valence-corrected chi connectivity index (χ3v) is 3.37. The molecule has 0 amide bonds. The van der Waals surface area contributed by atoms with Crippen molar-refractivity contribution < 1.29 is 13.6 Å². The van der Waals surface area contributed by atoms with E-state index < -0.39 is 7.75 Å². The van der Waals surface area contributed by atoms with E-state index >= 15 is 0 Å². The van der Waals surface area contributed by atoms with Gasteiger partial charge < -0.3 is 0 Å². The summed E-state index contributed by atoms with van der Waals surface area (Å²) in [5, 5.41) is 2.73. The Morgan fingerprint density at radius 2 is 2.31 bits per heavy atom. The minimum Gasteiger partial charge on any atom is -0.296 e. The van der Waals surface area contributed by atoms with Gasteiger partial charge in [-0.1, -0.05) is 18.2 Å². The van der Waals surface area contributed by atoms with E-state index in [0.29, 0.717) is 6.61 Å². The summed E-state index contributed by atoms with van der Waals surface area (Å²) in [6, 6.07) is 7.55. The van der Waals surface area contributed by atoms with Crippen LogP contribution in [0.15, 0.2) is 24.3 Å². The molecule has 1 aliphatic heterocycles. The number of benzene rings is 1. The van der Waals surface area contributed by atoms with Gasteiger partial charge in [0.25, 0.3) is 0 Å². The molecule has 0 radical (unpaired) electrons. The van der Waals surface area contributed by atoms with Crippen molar-refractivity contribution in [1.82, 2.24) is 0 Å². The van der Waals surface area contributed by atoms with Gasteiger partial charge in [0.1, 0.15) is 0 Å². The predicted molar refractivity (Wildman–Crippen MR) is 49.5 cm³/mol. The van der Waals surface area contributed by atoms with Gasteiger partial charge in [0.2, 0.25) is 0 Å². The maximum atomic E-state index is 11.6. The molecule has 0 spiro atoms. The average Bonchev–Trinajstić information content (AvgIpc) is 2.18. The van der Waals surface area contributed by atoms with Crippen molar-refractivity contribution in [3.63, 3.8) is 0 Å². The van der Waals surface area contributed by atoms with Crippen LogP contribution in [0.2, 0.25) is 0 Å². The van der Waals surface area contributed by atoms with E-state index in [9.17, 15) is 4.57 Å². The van der Waals surface area contributed by atoms with Gasteiger partial charge in [-0.15, -0.1) is 0 Å². The first-order chi connectivity index (χ1) is 6.23. The van der Waals surface area contributed by atoms with Crippen LogP contribution in [0, 0.1) is 0 Å². The van der Waals surface area contributed by atoms with Gasteiger partial charge in [0.05, 0.1) is 6.61 Å². The largest absolute Gasteiger partial charge is 0.432 e. The van der Waals surface area contributed by atoms with E-state index in [1.807, 2.05) is 24.3 Å². The Morgan fingerprint density at radius 3 is 3.08 bits per heavy atom. The third-order valence-electron chi connectivity index (χ3n) is 1.91. The molecule has 5 heteroatoms. The van der Waals surface area contributed by atoms with Crippen molar-refractivity contribution in [2.24, 2.45) is 0 Å². The monoisotopic (exact) mass is 199 g/mol. The highest BCUT2D eigenvalue weighted by Crippen LogP contribution is 2.51. The SMILES string of the molecule is COP1(=O)Nc2ccccc2CO1. The summed E-state index contributed by atoms with van der Waals surface area (Å²) in [5.41, 5.74) is 1.81. The number of hydrogen-bond donors (Lipinski definition) is 1. The third kappa shape index (κ3) is 1.61. The Hall–Kier alpha value is -0.830. The van der Waals surface area contributed by atoms with Gasteiger partial charge in [0.15, 0.2) is 0 Å². The van der Waals surface area contributed by atoms with Crippen molar-refractivity contribution in [3.05, 3.63) is 29.8 Å². The molecular weight excluding hydrogens is 189 g/mol. The van der Waals surface area contributed by atoms with E-state index in [0.717, 1.165) is 11.3 Å². The van der Waals surface area contributed by atoms with E-state index in [4.69, 9.17) is 9.05 Å². The molecule has 0 saturated carbocycles. The van der Waals surface area contributed by atoms with Crippen LogP contribution in [0.1, 0.15) is 5.56 Å². The Labute approximate surface area is 76.5 Å². The van der Waals surface area contributed by atoms with Crippen molar-refractivity contribution in [3.8, 4) is 0 Å². The molecule has 1 unspecified atom stereocenters. The van der Waals surface area contributed by atoms with Crippen LogP contribution in [-0.2, 0) is 20.2 Å². The lowest BCUT2D eigenvalue weighted by Gasteiger charge is -2.24. The van der Waals surface area contributed by atoms with Crippen LogP contribution in [0.25, 0.3) is 0 Å². The molecule has 1 aromatic carbocycles. The predicted octanol–water partition coefficient (Wildman–Crippen LogP) is 2.38. The fraction of sp³-hybridized carbons (Fsp3) is 0.250. The Bertz CT molecular complexity index is 366. The summed E-state index contributed by atoms with van der Waals surface area (Å²) >= 11 is 0. The van der Waals surface area contributed by atoms with Crippen molar-refractivity contribution >= 4 is 13.4 Å². The lowest BCUT2D eigenvalue weighted by atomic mass is 10.2. The second kappa shape index (κ2) is 3.14. The highest BCUT2D eigenvalue weighted by atomic mass is 31.2. The molecule has 0 bridgehead atoms. The average molecular weight is 199 g/mol. The molecule has 0 fully saturated rings. The van der Waals surface area contributed by atoms with Crippen LogP contribution < -0.4 is 5.09 Å². The standard InChI is InChI=1S/C8H10NO3P/c1-11-13(10)9-8-5-3-2-4-7(8)6-12-13/h2-5H,6H2,1H3,(H,9,10). The number of fused-ring (bicyclic) bond motifs is 1. The first kappa shape index (κ1) is 8.75. The number of para-hydroxylation sites is 1. The van der Waals surface area contributed by atoms with Gasteiger partial charge in [-0.25, -0.2) is 4.57 Å². The highest BCUT2D eigenvalue weighted by molar-refractivity contribution is 7.55. The van der Waals surface area contributed by atoms with Gasteiger partial charge in [-0.3, -0.25) is 14.1 Å². The fourth-order valence-corrected chi connectivity index (χ4v) is 2.27. The second-order valence-corrected chi connectivity index (χ2v) is 4.56. The summed E-state index contributed by atoms with van der Waals surface area (Å²) in [5.74, 6) is 0. The molecule has 1 aliphatic rings. The zero-order valence-corrected chi connectivity index (χ0v) is 8.08. The Balaban J connectivity index is 2.35. The Kier molecular flexibility index (Phi) is 2.12. The first-order valence-corrected chi connectivity index (χ1v) is 5.44. The quantitative estimate of drug-likeness (QED) is 0.705. The van der Waals surface area contributed by atoms with Gasteiger partial charge in [-0.2, -0.15) is 0 Å². The first-order valence-electron chi connectivity index (χ1n) is 3.90. The van der Waals surface area contributed by atoms with E-state index in [-0.39, 0.29) is 0 Å². The molecule has 1 aromatic rings. The molecule has 4 nitrogen and oxygen atoms in total. The van der Waals surface area contributed by atoms with Gasteiger partial charge >= 0.3 is 7.75 Å². The lowest BCUT2D eigenvalue weighted by Crippen LogP contribution is -2.10. The highest BCUT2D eigenvalue weighted by Gasteiger charge is 2.28. The molecule has 0 aliphatic carbocycles. The normalized spacial score (nSPS) is 26.2. The number of rotatable bonds is 1. The zero-order valence-electron chi connectivity index (χ0n) is 7.19. The molecule has 1 N–H and O–H groups in total. The molecule has 2 rings (SSSR count). The number of anilines is 1. The molecular formula is C8H10NO3P. The molecule has 13 heavy (non-hydrogen) atoms. The second-order valence-electron chi connectivity index (χ2n) is 2.72. The summed E-state index contributed by atoms with van der Waals surface area (Å²) in [6.45, 7) is 0.328. The topological polar surface area (TPSA) is 47.6 Å². The minimum atomic E-state index is -3.08. The van der Waals surface area contributed by atoms with Crippen LogP contribution in [0.3, 0.4) is 0 Å². The van der Waals surface area contributed by atoms with E-state index in [1.54, 1.807) is 0 Å². The van der Waals surface area contributed by atoms with Gasteiger partial charge in [0, 0.05) is 18.4 Å². The maximum Gasteiger partial charge on any atom is 0.432 e. The fourth-order valence-electron chi connectivity index (χ4n) is 1.19. The molecule has 1 heterocycles. The van der Waals surface area contributed by atoms with E-state index in [2.05, 4.69) is 5.09 Å². The molecule has 0 aromatic heterocycles. The maximum absolute atomic E-state index is 11.6. The summed E-state index contributed by atoms with van der Waals surface area (Å²) in [4.78, 5) is 0. The smallest absolute Gasteiger partial charge is 0.296 e. The lowest BCUT2D eigenvalue weighted by molar-refractivity contribution is 0.226. The van der Waals surface area contributed by atoms with Gasteiger partial charge in [-0.05, 0) is 6.07 Å². The summed E-state index contributed by atoms with van der Waals surface area (Å²) in [6.07, 6.45) is 0. The zero-order chi connectivity index (χ0) is 9.31. The van der Waals surface area contributed by atoms with Crippen LogP contribution in [0.5, 0.6) is 0 Å². The molecule has 70 valence electrons. The summed E-state index contributed by atoms with van der Waals surface area (Å²) in [7, 11) is -1.71. The van der Waals surface area contributed by atoms with Crippen LogP contribution in [-0.4, -0.2) is 7.11 Å². The van der Waals surface area contributed by atoms with E-state index in [1.165, 1.54) is 7.11 Å². The minimum absolute atomic E-state index is 0.328. The van der Waals surface area contributed by atoms with Crippen molar-refractivity contribution in [1.29, 1.82) is 0 Å². The number of hydrogen-bond acceptors (Lipinski definition) is 3. The number of nitrogens with one attached hydrogen (secondary N) is 1. The molecule has 0 saturated heterocycles. The van der Waals surface area contributed by atoms with Crippen LogP contribution in [0.4, 0.5) is 5.69 Å². The van der Waals surface area contributed by atoms with Crippen molar-refractivity contribution in [2.45, 2.75) is 6.61 Å². The van der Waals surface area contributed by atoms with Crippen LogP contribution >= 0.6 is 7.75 Å². The molecule has 1 atom stereocenters. The van der Waals surface area contributed by atoms with Crippen molar-refractivity contribution in [2.75, 3.05) is 12.2 Å².